The van der Waals surface area contributed by atoms with Crippen LogP contribution in [0, 0.1) is 13.8 Å². The smallest absolute Gasteiger partial charge is 0.289 e. The molecule has 0 aromatic carbocycles. The minimum Gasteiger partial charge on any atom is -0.459 e. The second-order valence-corrected chi connectivity index (χ2v) is 8.82. The number of nitrogens with zero attached hydrogens (tertiary/aromatic N) is 2. The van der Waals surface area contributed by atoms with Crippen LogP contribution in [0.3, 0.4) is 0 Å². The number of rotatable bonds is 3. The molecule has 0 N–H and O–H groups in total. The van der Waals surface area contributed by atoms with Crippen molar-refractivity contribution in [2.45, 2.75) is 18.7 Å². The van der Waals surface area contributed by atoms with E-state index in [1.165, 1.54) is 21.9 Å². The topological polar surface area (TPSA) is 70.8 Å². The number of carbonyl (C=O) groups is 1. The van der Waals surface area contributed by atoms with Crippen LogP contribution in [0.5, 0.6) is 0 Å². The van der Waals surface area contributed by atoms with Crippen molar-refractivity contribution in [2.24, 2.45) is 0 Å². The molecule has 0 saturated carbocycles. The zero-order valence-electron chi connectivity index (χ0n) is 13.0. The van der Waals surface area contributed by atoms with Gasteiger partial charge in [0.2, 0.25) is 10.0 Å². The molecule has 124 valence electrons. The lowest BCUT2D eigenvalue weighted by atomic mass is 10.3. The van der Waals surface area contributed by atoms with Crippen LogP contribution in [0.15, 0.2) is 33.8 Å². The third-order valence-corrected chi connectivity index (χ3v) is 6.99. The van der Waals surface area contributed by atoms with Crippen molar-refractivity contribution in [3.05, 3.63) is 40.0 Å². The molecule has 2 aromatic heterocycles. The van der Waals surface area contributed by atoms with E-state index in [4.69, 9.17) is 4.42 Å². The number of sulfonamides is 1. The molecular formula is C15H18N2O4S2. The first-order valence-corrected chi connectivity index (χ1v) is 9.55. The predicted octanol–water partition coefficient (Wildman–Crippen LogP) is 2.10. The van der Waals surface area contributed by atoms with Gasteiger partial charge in [-0.25, -0.2) is 8.42 Å². The van der Waals surface area contributed by atoms with Gasteiger partial charge in [0, 0.05) is 35.9 Å². The summed E-state index contributed by atoms with van der Waals surface area (Å²) in [5, 5.41) is 0. The lowest BCUT2D eigenvalue weighted by Gasteiger charge is -2.33. The van der Waals surface area contributed by atoms with Crippen LogP contribution in [0.2, 0.25) is 0 Å². The van der Waals surface area contributed by atoms with Gasteiger partial charge in [0.05, 0.1) is 11.2 Å². The molecule has 23 heavy (non-hydrogen) atoms. The Morgan fingerprint density at radius 1 is 1.22 bits per heavy atom. The summed E-state index contributed by atoms with van der Waals surface area (Å²) >= 11 is 1.48. The number of piperazine rings is 1. The summed E-state index contributed by atoms with van der Waals surface area (Å²) in [6, 6.07) is 4.99. The largest absolute Gasteiger partial charge is 0.459 e. The van der Waals surface area contributed by atoms with Crippen LogP contribution < -0.4 is 0 Å². The van der Waals surface area contributed by atoms with Crippen LogP contribution in [-0.4, -0.2) is 49.7 Å². The number of hydrogen-bond acceptors (Lipinski definition) is 5. The average Bonchev–Trinajstić information content (AvgIpc) is 3.16. The van der Waals surface area contributed by atoms with Gasteiger partial charge in [-0.2, -0.15) is 4.31 Å². The standard InChI is InChI=1S/C15H18N2O4S2/c1-11-10-14(12(2)22-11)23(19,20)17-7-5-16(6-8-17)15(18)13-4-3-9-21-13/h3-4,9-10H,5-8H2,1-2H3. The van der Waals surface area contributed by atoms with Crippen molar-refractivity contribution in [2.75, 3.05) is 26.2 Å². The summed E-state index contributed by atoms with van der Waals surface area (Å²) in [7, 11) is -3.49. The zero-order valence-corrected chi connectivity index (χ0v) is 14.6. The Morgan fingerprint density at radius 3 is 2.43 bits per heavy atom. The van der Waals surface area contributed by atoms with Crippen molar-refractivity contribution < 1.29 is 17.6 Å². The zero-order chi connectivity index (χ0) is 16.6. The summed E-state index contributed by atoms with van der Waals surface area (Å²) in [6.45, 7) is 5.03. The Morgan fingerprint density at radius 2 is 1.91 bits per heavy atom. The fourth-order valence-corrected chi connectivity index (χ4v) is 5.64. The molecule has 2 aromatic rings. The molecule has 1 saturated heterocycles. The summed E-state index contributed by atoms with van der Waals surface area (Å²) in [4.78, 5) is 16.0. The molecule has 3 rings (SSSR count). The fraction of sp³-hybridized carbons (Fsp3) is 0.400. The molecule has 0 radical (unpaired) electrons. The first kappa shape index (κ1) is 16.2. The quantitative estimate of drug-likeness (QED) is 0.846. The Bertz CT molecular complexity index is 801. The number of carbonyl (C=O) groups excluding carboxylic acids is 1. The van der Waals surface area contributed by atoms with Crippen molar-refractivity contribution >= 4 is 27.3 Å². The van der Waals surface area contributed by atoms with Gasteiger partial charge in [0.1, 0.15) is 0 Å². The Balaban J connectivity index is 1.71. The van der Waals surface area contributed by atoms with E-state index in [2.05, 4.69) is 0 Å². The number of amides is 1. The molecule has 1 aliphatic rings. The van der Waals surface area contributed by atoms with Crippen molar-refractivity contribution in [1.29, 1.82) is 0 Å². The van der Waals surface area contributed by atoms with Gasteiger partial charge >= 0.3 is 0 Å². The molecule has 1 fully saturated rings. The van der Waals surface area contributed by atoms with Gasteiger partial charge < -0.3 is 9.32 Å². The molecule has 1 amide bonds. The van der Waals surface area contributed by atoms with Gasteiger partial charge in [0.15, 0.2) is 5.76 Å². The molecule has 0 unspecified atom stereocenters. The lowest BCUT2D eigenvalue weighted by molar-refractivity contribution is 0.0666. The van der Waals surface area contributed by atoms with Crippen LogP contribution >= 0.6 is 11.3 Å². The number of hydrogen-bond donors (Lipinski definition) is 0. The lowest BCUT2D eigenvalue weighted by Crippen LogP contribution is -2.50. The van der Waals surface area contributed by atoms with E-state index < -0.39 is 10.0 Å². The van der Waals surface area contributed by atoms with Crippen molar-refractivity contribution in [3.63, 3.8) is 0 Å². The number of furan rings is 1. The van der Waals surface area contributed by atoms with Gasteiger partial charge in [-0.15, -0.1) is 11.3 Å². The molecule has 0 spiro atoms. The molecule has 1 aliphatic heterocycles. The summed E-state index contributed by atoms with van der Waals surface area (Å²) in [5.74, 6) is 0.0835. The highest BCUT2D eigenvalue weighted by molar-refractivity contribution is 7.89. The molecule has 0 aliphatic carbocycles. The van der Waals surface area contributed by atoms with Gasteiger partial charge in [-0.05, 0) is 32.0 Å². The Labute approximate surface area is 139 Å². The Kier molecular flexibility index (Phi) is 4.31. The first-order valence-electron chi connectivity index (χ1n) is 7.29. The van der Waals surface area contributed by atoms with E-state index in [0.29, 0.717) is 31.1 Å². The van der Waals surface area contributed by atoms with E-state index in [-0.39, 0.29) is 11.7 Å². The molecule has 6 nitrogen and oxygen atoms in total. The maximum absolute atomic E-state index is 12.7. The number of aryl methyl sites for hydroxylation is 2. The Hall–Kier alpha value is -1.64. The normalized spacial score (nSPS) is 16.7. The minimum atomic E-state index is -3.49. The van der Waals surface area contributed by atoms with E-state index >= 15 is 0 Å². The van der Waals surface area contributed by atoms with Crippen LogP contribution in [0.25, 0.3) is 0 Å². The summed E-state index contributed by atoms with van der Waals surface area (Å²) in [6.07, 6.45) is 1.45. The highest BCUT2D eigenvalue weighted by Crippen LogP contribution is 2.28. The molecule has 0 bridgehead atoms. The van der Waals surface area contributed by atoms with Crippen LogP contribution in [-0.2, 0) is 10.0 Å². The maximum Gasteiger partial charge on any atom is 0.289 e. The highest BCUT2D eigenvalue weighted by atomic mass is 32.2. The van der Waals surface area contributed by atoms with Crippen molar-refractivity contribution in [1.82, 2.24) is 9.21 Å². The molecular weight excluding hydrogens is 336 g/mol. The molecule has 8 heteroatoms. The summed E-state index contributed by atoms with van der Waals surface area (Å²) in [5.41, 5.74) is 0. The highest BCUT2D eigenvalue weighted by Gasteiger charge is 2.32. The maximum atomic E-state index is 12.7. The monoisotopic (exact) mass is 354 g/mol. The third-order valence-electron chi connectivity index (χ3n) is 3.87. The fourth-order valence-electron chi connectivity index (χ4n) is 2.69. The average molecular weight is 354 g/mol. The third kappa shape index (κ3) is 3.06. The minimum absolute atomic E-state index is 0.199. The van der Waals surface area contributed by atoms with E-state index in [9.17, 15) is 13.2 Å². The second kappa shape index (κ2) is 6.10. The van der Waals surface area contributed by atoms with Gasteiger partial charge in [0.25, 0.3) is 5.91 Å². The SMILES string of the molecule is Cc1cc(S(=O)(=O)N2CCN(C(=O)c3ccco3)CC2)c(C)s1. The van der Waals surface area contributed by atoms with E-state index in [0.717, 1.165) is 9.75 Å². The van der Waals surface area contributed by atoms with Crippen LogP contribution in [0.1, 0.15) is 20.3 Å². The van der Waals surface area contributed by atoms with E-state index in [1.54, 1.807) is 23.1 Å². The predicted molar refractivity (Wildman–Crippen MR) is 87.2 cm³/mol. The van der Waals surface area contributed by atoms with Crippen molar-refractivity contribution in [3.8, 4) is 0 Å². The van der Waals surface area contributed by atoms with Gasteiger partial charge in [-0.3, -0.25) is 4.79 Å². The molecule has 3 heterocycles. The second-order valence-electron chi connectivity index (χ2n) is 5.45. The van der Waals surface area contributed by atoms with E-state index in [1.807, 2.05) is 13.8 Å². The molecule has 0 atom stereocenters. The van der Waals surface area contributed by atoms with Gasteiger partial charge in [-0.1, -0.05) is 0 Å². The number of thiophene rings is 1. The summed E-state index contributed by atoms with van der Waals surface area (Å²) < 4.78 is 32.0. The first-order chi connectivity index (χ1) is 10.9. The van der Waals surface area contributed by atoms with Crippen LogP contribution in [0.4, 0.5) is 0 Å².